The minimum Gasteiger partial charge on any atom is -0.365 e. The molecule has 4 N–H and O–H groups in total. The van der Waals surface area contributed by atoms with E-state index in [1.807, 2.05) is 6.92 Å². The third-order valence-electron chi connectivity index (χ3n) is 2.89. The molecule has 0 radical (unpaired) electrons. The van der Waals surface area contributed by atoms with Crippen molar-refractivity contribution in [2.45, 2.75) is 20.8 Å². The van der Waals surface area contributed by atoms with Crippen molar-refractivity contribution in [2.75, 3.05) is 5.32 Å². The van der Waals surface area contributed by atoms with E-state index in [-0.39, 0.29) is 4.87 Å². The van der Waals surface area contributed by atoms with E-state index in [1.165, 1.54) is 11.3 Å². The molecular weight excluding hydrogens is 298 g/mol. The van der Waals surface area contributed by atoms with Crippen LogP contribution in [0.3, 0.4) is 0 Å². The minimum absolute atomic E-state index is 0.290. The molecule has 0 spiro atoms. The fraction of sp³-hybridized carbons (Fsp3) is 0.250. The van der Waals surface area contributed by atoms with Crippen LogP contribution in [0.25, 0.3) is 0 Å². The van der Waals surface area contributed by atoms with Gasteiger partial charge in [0.25, 0.3) is 11.8 Å². The molecule has 20 heavy (non-hydrogen) atoms. The summed E-state index contributed by atoms with van der Waals surface area (Å²) in [4.78, 5) is 38.3. The largest absolute Gasteiger partial charge is 0.365 e. The van der Waals surface area contributed by atoms with Crippen LogP contribution in [0.5, 0.6) is 0 Å². The summed E-state index contributed by atoms with van der Waals surface area (Å²) in [6.45, 7) is 5.27. The van der Waals surface area contributed by atoms with Crippen LogP contribution >= 0.6 is 22.7 Å². The van der Waals surface area contributed by atoms with Crippen molar-refractivity contribution < 1.29 is 9.59 Å². The maximum Gasteiger partial charge on any atom is 0.305 e. The predicted octanol–water partition coefficient (Wildman–Crippen LogP) is 1.77. The molecule has 0 bridgehead atoms. The second-order valence-electron chi connectivity index (χ2n) is 4.27. The lowest BCUT2D eigenvalue weighted by atomic mass is 10.1. The summed E-state index contributed by atoms with van der Waals surface area (Å²) in [5.41, 5.74) is 6.92. The van der Waals surface area contributed by atoms with Crippen LogP contribution in [0.2, 0.25) is 0 Å². The molecule has 0 fully saturated rings. The highest BCUT2D eigenvalue weighted by Gasteiger charge is 2.21. The Bertz CT molecular complexity index is 755. The average molecular weight is 311 g/mol. The molecule has 2 aromatic rings. The highest BCUT2D eigenvalue weighted by molar-refractivity contribution is 7.17. The Hall–Kier alpha value is -1.93. The van der Waals surface area contributed by atoms with Gasteiger partial charge in [0.05, 0.1) is 5.56 Å². The van der Waals surface area contributed by atoms with Crippen LogP contribution in [-0.2, 0) is 0 Å². The van der Waals surface area contributed by atoms with Crippen molar-refractivity contribution >= 4 is 39.5 Å². The maximum atomic E-state index is 12.1. The van der Waals surface area contributed by atoms with Crippen molar-refractivity contribution in [2.24, 2.45) is 5.73 Å². The Kier molecular flexibility index (Phi) is 3.78. The Morgan fingerprint density at radius 3 is 2.35 bits per heavy atom. The number of amides is 2. The van der Waals surface area contributed by atoms with E-state index in [1.54, 1.807) is 13.8 Å². The van der Waals surface area contributed by atoms with Crippen molar-refractivity contribution in [3.05, 3.63) is 36.2 Å². The summed E-state index contributed by atoms with van der Waals surface area (Å²) in [6.07, 6.45) is 0. The molecule has 0 saturated carbocycles. The van der Waals surface area contributed by atoms with Crippen LogP contribution in [0.15, 0.2) is 4.79 Å². The number of hydrogen-bond acceptors (Lipinski definition) is 5. The van der Waals surface area contributed by atoms with Gasteiger partial charge in [-0.1, -0.05) is 11.3 Å². The Morgan fingerprint density at radius 2 is 1.85 bits per heavy atom. The van der Waals surface area contributed by atoms with E-state index >= 15 is 0 Å². The number of nitrogens with one attached hydrogen (secondary N) is 2. The van der Waals surface area contributed by atoms with Crippen LogP contribution in [0, 0.1) is 20.8 Å². The lowest BCUT2D eigenvalue weighted by molar-refractivity contribution is 0.100. The van der Waals surface area contributed by atoms with Gasteiger partial charge in [0.1, 0.15) is 9.88 Å². The average Bonchev–Trinajstić information content (AvgIpc) is 2.80. The van der Waals surface area contributed by atoms with E-state index in [0.717, 1.165) is 21.8 Å². The number of hydrogen-bond donors (Lipinski definition) is 3. The fourth-order valence-electron chi connectivity index (χ4n) is 1.79. The number of aromatic nitrogens is 1. The van der Waals surface area contributed by atoms with Gasteiger partial charge >= 0.3 is 4.87 Å². The van der Waals surface area contributed by atoms with Gasteiger partial charge in [0.2, 0.25) is 0 Å². The first-order chi connectivity index (χ1) is 9.31. The number of rotatable bonds is 3. The number of thiophene rings is 1. The topological polar surface area (TPSA) is 105 Å². The second-order valence-corrected chi connectivity index (χ2v) is 6.48. The summed E-state index contributed by atoms with van der Waals surface area (Å²) >= 11 is 2.12. The van der Waals surface area contributed by atoms with Gasteiger partial charge in [-0.3, -0.25) is 14.4 Å². The van der Waals surface area contributed by atoms with E-state index in [4.69, 9.17) is 5.73 Å². The highest BCUT2D eigenvalue weighted by Crippen LogP contribution is 2.32. The van der Waals surface area contributed by atoms with E-state index in [0.29, 0.717) is 21.1 Å². The molecular formula is C12H13N3O3S2. The van der Waals surface area contributed by atoms with Gasteiger partial charge in [0, 0.05) is 10.6 Å². The molecule has 106 valence electrons. The maximum absolute atomic E-state index is 12.1. The monoisotopic (exact) mass is 311 g/mol. The molecule has 8 heteroatoms. The van der Waals surface area contributed by atoms with Gasteiger partial charge in [-0.2, -0.15) is 0 Å². The lowest BCUT2D eigenvalue weighted by Crippen LogP contribution is -2.17. The number of aromatic amines is 1. The van der Waals surface area contributed by atoms with Crippen molar-refractivity contribution in [3.8, 4) is 0 Å². The summed E-state index contributed by atoms with van der Waals surface area (Å²) in [6, 6.07) is 0. The summed E-state index contributed by atoms with van der Waals surface area (Å²) in [5.74, 6) is -1.00. The molecule has 0 aliphatic rings. The zero-order valence-electron chi connectivity index (χ0n) is 11.1. The zero-order chi connectivity index (χ0) is 15.0. The second kappa shape index (κ2) is 5.22. The minimum atomic E-state index is -0.582. The molecule has 0 atom stereocenters. The van der Waals surface area contributed by atoms with Crippen molar-refractivity contribution in [1.29, 1.82) is 0 Å². The van der Waals surface area contributed by atoms with E-state index in [9.17, 15) is 14.4 Å². The van der Waals surface area contributed by atoms with Crippen LogP contribution in [0.1, 0.15) is 36.2 Å². The number of thiazole rings is 1. The number of H-pyrrole nitrogens is 1. The lowest BCUT2D eigenvalue weighted by Gasteiger charge is -2.04. The van der Waals surface area contributed by atoms with Gasteiger partial charge < -0.3 is 16.0 Å². The van der Waals surface area contributed by atoms with Gasteiger partial charge in [-0.25, -0.2) is 0 Å². The standard InChI is InChI=1S/C12H13N3O3S2/c1-4-6(3)19-11(7(4)9(13)16)15-10(17)8-5(2)14-12(18)20-8/h1-3H3,(H2,13,16)(H,14,18)(H,15,17). The smallest absolute Gasteiger partial charge is 0.305 e. The number of carbonyl (C=O) groups is 2. The van der Waals surface area contributed by atoms with Crippen LogP contribution < -0.4 is 15.9 Å². The Balaban J connectivity index is 2.38. The molecule has 2 heterocycles. The SMILES string of the molecule is Cc1[nH]c(=O)sc1C(=O)Nc1sc(C)c(C)c1C(N)=O. The molecule has 0 aliphatic carbocycles. The number of aryl methyl sites for hydroxylation is 2. The van der Waals surface area contributed by atoms with Crippen molar-refractivity contribution in [3.63, 3.8) is 0 Å². The first-order valence-electron chi connectivity index (χ1n) is 5.72. The van der Waals surface area contributed by atoms with E-state index < -0.39 is 11.8 Å². The predicted molar refractivity (Wildman–Crippen MR) is 79.9 cm³/mol. The number of primary amides is 1. The third kappa shape index (κ3) is 2.52. The molecule has 2 amide bonds. The number of anilines is 1. The third-order valence-corrected chi connectivity index (χ3v) is 5.00. The summed E-state index contributed by atoms with van der Waals surface area (Å²) in [5, 5.41) is 3.07. The van der Waals surface area contributed by atoms with Crippen LogP contribution in [-0.4, -0.2) is 16.8 Å². The van der Waals surface area contributed by atoms with Crippen LogP contribution in [0.4, 0.5) is 5.00 Å². The summed E-state index contributed by atoms with van der Waals surface area (Å²) < 4.78 is 0. The molecule has 0 saturated heterocycles. The molecule has 2 rings (SSSR count). The summed E-state index contributed by atoms with van der Waals surface area (Å²) in [7, 11) is 0. The molecule has 0 aliphatic heterocycles. The Morgan fingerprint density at radius 1 is 1.20 bits per heavy atom. The first kappa shape index (κ1) is 14.5. The zero-order valence-corrected chi connectivity index (χ0v) is 12.8. The normalized spacial score (nSPS) is 10.6. The molecule has 0 unspecified atom stereocenters. The van der Waals surface area contributed by atoms with Crippen molar-refractivity contribution in [1.82, 2.24) is 4.98 Å². The Labute approximate surface area is 122 Å². The van der Waals surface area contributed by atoms with Gasteiger partial charge in [-0.05, 0) is 26.3 Å². The number of carbonyl (C=O) groups excluding carboxylic acids is 2. The molecule has 0 aromatic carbocycles. The highest BCUT2D eigenvalue weighted by atomic mass is 32.1. The molecule has 2 aromatic heterocycles. The van der Waals surface area contributed by atoms with E-state index in [2.05, 4.69) is 10.3 Å². The fourth-order valence-corrected chi connectivity index (χ4v) is 3.59. The van der Waals surface area contributed by atoms with Gasteiger partial charge in [0.15, 0.2) is 0 Å². The number of nitrogens with two attached hydrogens (primary N) is 1. The molecule has 6 nitrogen and oxygen atoms in total. The van der Waals surface area contributed by atoms with Gasteiger partial charge in [-0.15, -0.1) is 11.3 Å². The quantitative estimate of drug-likeness (QED) is 0.804. The first-order valence-corrected chi connectivity index (χ1v) is 7.35.